The molecule has 1 aromatic carbocycles. The topological polar surface area (TPSA) is 54.4 Å². The molecule has 0 heterocycles. The van der Waals surface area contributed by atoms with Gasteiger partial charge in [-0.25, -0.2) is 12.8 Å². The third-order valence-electron chi connectivity index (χ3n) is 1.98. The van der Waals surface area contributed by atoms with Crippen LogP contribution in [0.5, 0.6) is 0 Å². The van der Waals surface area contributed by atoms with Crippen LogP contribution in [0.4, 0.5) is 4.39 Å². The number of aliphatic hydroxyl groups excluding tert-OH is 1. The lowest BCUT2D eigenvalue weighted by Gasteiger charge is -2.25. The van der Waals surface area contributed by atoms with E-state index in [-0.39, 0.29) is 5.56 Å². The van der Waals surface area contributed by atoms with Crippen molar-refractivity contribution >= 4 is 48.4 Å². The van der Waals surface area contributed by atoms with Gasteiger partial charge >= 0.3 is 0 Å². The molecule has 0 unspecified atom stereocenters. The zero-order chi connectivity index (χ0) is 12.6. The summed E-state index contributed by atoms with van der Waals surface area (Å²) in [5.41, 5.74) is 0.205. The highest BCUT2D eigenvalue weighted by Crippen LogP contribution is 2.44. The fraction of sp³-hybridized carbons (Fsp3) is 0.333. The van der Waals surface area contributed by atoms with E-state index >= 15 is 0 Å². The Morgan fingerprint density at radius 1 is 1.56 bits per heavy atom. The minimum Gasteiger partial charge on any atom is -0.385 e. The highest BCUT2D eigenvalue weighted by atomic mass is 127. The van der Waals surface area contributed by atoms with Gasteiger partial charge in [-0.2, -0.15) is 0 Å². The molecule has 0 fully saturated rings. The van der Waals surface area contributed by atoms with E-state index in [4.69, 9.17) is 0 Å². The largest absolute Gasteiger partial charge is 0.385 e. The molecular weight excluding hydrogens is 414 g/mol. The first-order chi connectivity index (χ1) is 7.16. The van der Waals surface area contributed by atoms with Gasteiger partial charge in [0.25, 0.3) is 0 Å². The molecule has 0 saturated carbocycles. The minimum atomic E-state index is -3.53. The van der Waals surface area contributed by atoms with E-state index in [0.29, 0.717) is 0 Å². The van der Waals surface area contributed by atoms with Gasteiger partial charge in [0.1, 0.15) is 11.9 Å². The molecule has 0 aliphatic carbocycles. The Kier molecular flexibility index (Phi) is 4.36. The molecule has 0 aliphatic rings. The smallest absolute Gasteiger partial charge is 0.206 e. The average molecular weight is 423 g/mol. The molecule has 7 heteroatoms. The molecular formula is C9H9BrFIO3S. The maximum atomic E-state index is 12.9. The van der Waals surface area contributed by atoms with Crippen LogP contribution in [-0.2, 0) is 9.84 Å². The van der Waals surface area contributed by atoms with Crippen LogP contribution in [0.1, 0.15) is 11.7 Å². The van der Waals surface area contributed by atoms with E-state index in [9.17, 15) is 17.9 Å². The summed E-state index contributed by atoms with van der Waals surface area (Å²) in [7, 11) is -3.53. The number of halogens is 3. The minimum absolute atomic E-state index is 0.205. The quantitative estimate of drug-likeness (QED) is 0.601. The van der Waals surface area contributed by atoms with Crippen molar-refractivity contribution in [3.63, 3.8) is 0 Å². The third kappa shape index (κ3) is 2.93. The van der Waals surface area contributed by atoms with Gasteiger partial charge in [-0.3, -0.25) is 0 Å². The Balaban J connectivity index is 3.17. The lowest BCUT2D eigenvalue weighted by atomic mass is 10.1. The molecule has 0 bridgehead atoms. The zero-order valence-electron chi connectivity index (χ0n) is 8.19. The molecule has 1 aromatic rings. The number of sulfone groups is 1. The summed E-state index contributed by atoms with van der Waals surface area (Å²) in [6, 6.07) is 5.20. The van der Waals surface area contributed by atoms with E-state index in [1.165, 1.54) is 18.2 Å². The molecule has 1 rings (SSSR count). The van der Waals surface area contributed by atoms with Crippen molar-refractivity contribution in [3.05, 3.63) is 35.6 Å². The number of benzene rings is 1. The van der Waals surface area contributed by atoms with Crippen molar-refractivity contribution in [2.45, 2.75) is 7.77 Å². The molecule has 0 saturated heterocycles. The molecule has 0 aliphatic heterocycles. The molecule has 1 N–H and O–H groups in total. The highest BCUT2D eigenvalue weighted by molar-refractivity contribution is 14.1. The number of hydrogen-bond donors (Lipinski definition) is 1. The Morgan fingerprint density at radius 3 is 2.56 bits per heavy atom. The van der Waals surface area contributed by atoms with Crippen molar-refractivity contribution < 1.29 is 17.9 Å². The predicted molar refractivity (Wildman–Crippen MR) is 71.9 cm³/mol. The first-order valence-electron chi connectivity index (χ1n) is 4.17. The fourth-order valence-electron chi connectivity index (χ4n) is 1.07. The zero-order valence-corrected chi connectivity index (χ0v) is 12.8. The van der Waals surface area contributed by atoms with Crippen LogP contribution in [0.2, 0.25) is 0 Å². The van der Waals surface area contributed by atoms with Gasteiger partial charge in [0.2, 0.25) is 1.66 Å². The SMILES string of the molecule is CS(=O)(=O)[C@](Br)(I)[C@H](O)c1cccc(F)c1. The van der Waals surface area contributed by atoms with Crippen molar-refractivity contribution in [2.24, 2.45) is 0 Å². The van der Waals surface area contributed by atoms with Gasteiger partial charge in [0, 0.05) is 6.26 Å². The van der Waals surface area contributed by atoms with Crippen LogP contribution < -0.4 is 0 Å². The van der Waals surface area contributed by atoms with Gasteiger partial charge < -0.3 is 5.11 Å². The number of alkyl halides is 2. The summed E-state index contributed by atoms with van der Waals surface area (Å²) in [5, 5.41) is 9.91. The van der Waals surface area contributed by atoms with Crippen molar-refractivity contribution in [2.75, 3.05) is 6.26 Å². The van der Waals surface area contributed by atoms with Crippen LogP contribution >= 0.6 is 38.5 Å². The Morgan fingerprint density at radius 2 is 2.12 bits per heavy atom. The molecule has 0 radical (unpaired) electrons. The van der Waals surface area contributed by atoms with E-state index < -0.39 is 23.4 Å². The monoisotopic (exact) mass is 422 g/mol. The second-order valence-electron chi connectivity index (χ2n) is 3.29. The Labute approximate surface area is 115 Å². The van der Waals surface area contributed by atoms with E-state index in [1.54, 1.807) is 22.6 Å². The second-order valence-corrected chi connectivity index (χ2v) is 11.2. The predicted octanol–water partition coefficient (Wildman–Crippen LogP) is 2.39. The van der Waals surface area contributed by atoms with Gasteiger partial charge in [-0.05, 0) is 40.3 Å². The summed E-state index contributed by atoms with van der Waals surface area (Å²) >= 11 is 4.54. The molecule has 16 heavy (non-hydrogen) atoms. The Hall–Kier alpha value is 0.270. The van der Waals surface area contributed by atoms with E-state index in [0.717, 1.165) is 12.3 Å². The average Bonchev–Trinajstić information content (AvgIpc) is 2.14. The van der Waals surface area contributed by atoms with Gasteiger partial charge in [0.05, 0.1) is 0 Å². The van der Waals surface area contributed by atoms with Gasteiger partial charge in [-0.1, -0.05) is 28.1 Å². The fourth-order valence-corrected chi connectivity index (χ4v) is 2.24. The molecule has 0 amide bonds. The van der Waals surface area contributed by atoms with Gasteiger partial charge in [0.15, 0.2) is 9.84 Å². The van der Waals surface area contributed by atoms with Crippen LogP contribution in [0, 0.1) is 5.82 Å². The van der Waals surface area contributed by atoms with Crippen LogP contribution in [0.3, 0.4) is 0 Å². The molecule has 3 nitrogen and oxygen atoms in total. The maximum Gasteiger partial charge on any atom is 0.206 e. The van der Waals surface area contributed by atoms with E-state index in [1.807, 2.05) is 0 Å². The lowest BCUT2D eigenvalue weighted by Crippen LogP contribution is -2.31. The molecule has 2 atom stereocenters. The molecule has 0 spiro atoms. The second kappa shape index (κ2) is 4.87. The van der Waals surface area contributed by atoms with Gasteiger partial charge in [-0.15, -0.1) is 0 Å². The first-order valence-corrected chi connectivity index (χ1v) is 7.93. The van der Waals surface area contributed by atoms with Crippen LogP contribution in [0.15, 0.2) is 24.3 Å². The van der Waals surface area contributed by atoms with Crippen LogP contribution in [-0.4, -0.2) is 21.4 Å². The maximum absolute atomic E-state index is 12.9. The summed E-state index contributed by atoms with van der Waals surface area (Å²) in [4.78, 5) is 0. The normalized spacial score (nSPS) is 17.8. The summed E-state index contributed by atoms with van der Waals surface area (Å²) in [5.74, 6) is -0.523. The number of rotatable bonds is 3. The Bertz CT molecular complexity index is 489. The third-order valence-corrected chi connectivity index (χ3v) is 8.38. The van der Waals surface area contributed by atoms with Crippen molar-refractivity contribution in [1.82, 2.24) is 0 Å². The summed E-state index contributed by atoms with van der Waals surface area (Å²) in [6.45, 7) is 0. The standard InChI is InChI=1S/C9H9BrFIO3S/c1-16(14,15)9(10,12)8(13)6-3-2-4-7(11)5-6/h2-5,8,13H,1H3/t8-,9-/m1/s1. The number of hydrogen-bond acceptors (Lipinski definition) is 3. The molecule has 90 valence electrons. The first kappa shape index (κ1) is 14.3. The van der Waals surface area contributed by atoms with Crippen molar-refractivity contribution in [1.29, 1.82) is 0 Å². The highest BCUT2D eigenvalue weighted by Gasteiger charge is 2.43. The lowest BCUT2D eigenvalue weighted by molar-refractivity contribution is 0.191. The van der Waals surface area contributed by atoms with E-state index in [2.05, 4.69) is 15.9 Å². The molecule has 0 aromatic heterocycles. The number of aliphatic hydroxyl groups is 1. The van der Waals surface area contributed by atoms with Crippen molar-refractivity contribution in [3.8, 4) is 0 Å². The summed E-state index contributed by atoms with van der Waals surface area (Å²) < 4.78 is 34.3. The summed E-state index contributed by atoms with van der Waals surface area (Å²) in [6.07, 6.45) is -0.352. The van der Waals surface area contributed by atoms with Crippen LogP contribution in [0.25, 0.3) is 0 Å².